The first kappa shape index (κ1) is 9.60. The van der Waals surface area contributed by atoms with E-state index in [1.165, 1.54) is 12.8 Å². The second-order valence-corrected chi connectivity index (χ2v) is 5.59. The summed E-state index contributed by atoms with van der Waals surface area (Å²) in [6, 6.07) is 0. The van der Waals surface area contributed by atoms with Gasteiger partial charge in [0.2, 0.25) is 5.91 Å². The lowest BCUT2D eigenvalue weighted by Crippen LogP contribution is -2.24. The minimum atomic E-state index is -0.0502. The molecule has 1 saturated heterocycles. The highest BCUT2D eigenvalue weighted by molar-refractivity contribution is 7.14. The van der Waals surface area contributed by atoms with Crippen molar-refractivity contribution in [1.82, 2.24) is 4.98 Å². The zero-order valence-electron chi connectivity index (χ0n) is 8.15. The molecule has 0 bridgehead atoms. The molecule has 1 aliphatic heterocycles. The highest BCUT2D eigenvalue weighted by atomic mass is 35.5. The van der Waals surface area contributed by atoms with Gasteiger partial charge >= 0.3 is 0 Å². The van der Waals surface area contributed by atoms with Crippen LogP contribution in [0.25, 0.3) is 0 Å². The topological polar surface area (TPSA) is 33.2 Å². The number of hydrogen-bond donors (Lipinski definition) is 0. The Bertz CT molecular complexity index is 402. The molecule has 5 heteroatoms. The fourth-order valence-corrected chi connectivity index (χ4v) is 3.02. The number of anilines is 1. The molecule has 1 aliphatic carbocycles. The number of carbonyl (C=O) groups excluding carboxylic acids is 1. The zero-order valence-corrected chi connectivity index (χ0v) is 9.72. The van der Waals surface area contributed by atoms with Gasteiger partial charge < -0.3 is 0 Å². The van der Waals surface area contributed by atoms with E-state index in [4.69, 9.17) is 11.6 Å². The number of aromatic nitrogens is 1. The molecule has 0 N–H and O–H groups in total. The van der Waals surface area contributed by atoms with Crippen molar-refractivity contribution < 1.29 is 4.79 Å². The van der Waals surface area contributed by atoms with E-state index in [0.717, 1.165) is 10.8 Å². The second-order valence-electron chi connectivity index (χ2n) is 4.13. The van der Waals surface area contributed by atoms with Crippen LogP contribution in [0.3, 0.4) is 0 Å². The summed E-state index contributed by atoms with van der Waals surface area (Å²) in [6.45, 7) is 0.609. The number of carbonyl (C=O) groups is 1. The molecule has 1 aromatic rings. The van der Waals surface area contributed by atoms with Gasteiger partial charge in [-0.25, -0.2) is 4.98 Å². The van der Waals surface area contributed by atoms with Gasteiger partial charge in [-0.2, -0.15) is 0 Å². The minimum absolute atomic E-state index is 0.0502. The van der Waals surface area contributed by atoms with Gasteiger partial charge in [0.15, 0.2) is 5.13 Å². The molecule has 1 saturated carbocycles. The van der Waals surface area contributed by atoms with Crippen LogP contribution in [-0.2, 0) is 4.79 Å². The Hall–Kier alpha value is -0.610. The van der Waals surface area contributed by atoms with Crippen molar-refractivity contribution >= 4 is 34.0 Å². The van der Waals surface area contributed by atoms with E-state index in [2.05, 4.69) is 10.4 Å². The molecule has 0 radical (unpaired) electrons. The second kappa shape index (κ2) is 3.46. The molecule has 1 aromatic heterocycles. The minimum Gasteiger partial charge on any atom is -0.287 e. The molecule has 2 fully saturated rings. The van der Waals surface area contributed by atoms with Gasteiger partial charge in [0.1, 0.15) is 0 Å². The third-order valence-electron chi connectivity index (χ3n) is 2.81. The number of halogens is 1. The van der Waals surface area contributed by atoms with Gasteiger partial charge in [0, 0.05) is 24.3 Å². The van der Waals surface area contributed by atoms with Crippen LogP contribution in [0.4, 0.5) is 5.13 Å². The van der Waals surface area contributed by atoms with Crippen LogP contribution in [0.15, 0.2) is 5.38 Å². The molecule has 0 aromatic carbocycles. The van der Waals surface area contributed by atoms with Gasteiger partial charge in [-0.05, 0) is 12.8 Å². The molecule has 0 spiro atoms. The molecule has 2 aliphatic rings. The molecular formula is C10H11ClN2OS. The average molecular weight is 243 g/mol. The van der Waals surface area contributed by atoms with E-state index < -0.39 is 0 Å². The van der Waals surface area contributed by atoms with Crippen molar-refractivity contribution in [3.8, 4) is 0 Å². The predicted octanol–water partition coefficient (Wildman–Crippen LogP) is 2.36. The van der Waals surface area contributed by atoms with Crippen LogP contribution in [-0.4, -0.2) is 22.8 Å². The molecule has 3 rings (SSSR count). The SMILES string of the molecule is O=C1CC(Cl)CN1c1nc(C2CC2)cs1. The standard InChI is InChI=1S/C10H11ClN2OS/c11-7-3-9(14)13(4-7)10-12-8(5-15-10)6-1-2-6/h5-7H,1-4H2. The highest BCUT2D eigenvalue weighted by Gasteiger charge is 2.32. The molecule has 80 valence electrons. The van der Waals surface area contributed by atoms with Gasteiger partial charge in [0.05, 0.1) is 11.1 Å². The lowest BCUT2D eigenvalue weighted by atomic mass is 10.3. The van der Waals surface area contributed by atoms with Crippen molar-refractivity contribution in [2.24, 2.45) is 0 Å². The predicted molar refractivity (Wildman–Crippen MR) is 60.7 cm³/mol. The maximum absolute atomic E-state index is 11.6. The first-order valence-electron chi connectivity index (χ1n) is 5.14. The highest BCUT2D eigenvalue weighted by Crippen LogP contribution is 2.41. The monoisotopic (exact) mass is 242 g/mol. The van der Waals surface area contributed by atoms with Gasteiger partial charge in [-0.15, -0.1) is 22.9 Å². The van der Waals surface area contributed by atoms with Crippen LogP contribution >= 0.6 is 22.9 Å². The molecule has 1 unspecified atom stereocenters. The third kappa shape index (κ3) is 1.76. The van der Waals surface area contributed by atoms with E-state index in [-0.39, 0.29) is 11.3 Å². The summed E-state index contributed by atoms with van der Waals surface area (Å²) >= 11 is 7.50. The zero-order chi connectivity index (χ0) is 10.4. The number of hydrogen-bond acceptors (Lipinski definition) is 3. The average Bonchev–Trinajstić information content (AvgIpc) is 2.83. The summed E-state index contributed by atoms with van der Waals surface area (Å²) in [5.41, 5.74) is 1.15. The molecule has 2 heterocycles. The van der Waals surface area contributed by atoms with Crippen molar-refractivity contribution in [2.45, 2.75) is 30.6 Å². The molecule has 15 heavy (non-hydrogen) atoms. The van der Waals surface area contributed by atoms with Crippen molar-refractivity contribution in [3.63, 3.8) is 0 Å². The van der Waals surface area contributed by atoms with E-state index in [1.54, 1.807) is 16.2 Å². The fraction of sp³-hybridized carbons (Fsp3) is 0.600. The Balaban J connectivity index is 1.82. The Morgan fingerprint density at radius 2 is 2.33 bits per heavy atom. The third-order valence-corrected chi connectivity index (χ3v) is 3.99. The van der Waals surface area contributed by atoms with Crippen LogP contribution < -0.4 is 4.90 Å². The van der Waals surface area contributed by atoms with E-state index >= 15 is 0 Å². The first-order valence-corrected chi connectivity index (χ1v) is 6.45. The Kier molecular flexibility index (Phi) is 2.21. The number of thiazole rings is 1. The van der Waals surface area contributed by atoms with Crippen molar-refractivity contribution in [2.75, 3.05) is 11.4 Å². The molecule has 3 nitrogen and oxygen atoms in total. The van der Waals surface area contributed by atoms with Crippen LogP contribution in [0.2, 0.25) is 0 Å². The van der Waals surface area contributed by atoms with Crippen molar-refractivity contribution in [1.29, 1.82) is 0 Å². The largest absolute Gasteiger partial charge is 0.287 e. The van der Waals surface area contributed by atoms with Crippen LogP contribution in [0, 0.1) is 0 Å². The number of rotatable bonds is 2. The number of alkyl halides is 1. The maximum atomic E-state index is 11.6. The Morgan fingerprint density at radius 3 is 2.93 bits per heavy atom. The number of amides is 1. The Morgan fingerprint density at radius 1 is 1.53 bits per heavy atom. The fourth-order valence-electron chi connectivity index (χ4n) is 1.82. The lowest BCUT2D eigenvalue weighted by molar-refractivity contribution is -0.117. The van der Waals surface area contributed by atoms with Gasteiger partial charge in [-0.1, -0.05) is 0 Å². The van der Waals surface area contributed by atoms with E-state index in [1.807, 2.05) is 0 Å². The van der Waals surface area contributed by atoms with Gasteiger partial charge in [0.25, 0.3) is 0 Å². The number of nitrogens with zero attached hydrogens (tertiary/aromatic N) is 2. The van der Waals surface area contributed by atoms with Crippen LogP contribution in [0.1, 0.15) is 30.9 Å². The summed E-state index contributed by atoms with van der Waals surface area (Å²) in [4.78, 5) is 17.8. The summed E-state index contributed by atoms with van der Waals surface area (Å²) in [6.07, 6.45) is 2.93. The normalized spacial score (nSPS) is 26.3. The quantitative estimate of drug-likeness (QED) is 0.746. The Labute approximate surface area is 97.1 Å². The van der Waals surface area contributed by atoms with E-state index in [0.29, 0.717) is 18.9 Å². The van der Waals surface area contributed by atoms with Crippen LogP contribution in [0.5, 0.6) is 0 Å². The molecule has 1 amide bonds. The lowest BCUT2D eigenvalue weighted by Gasteiger charge is -2.10. The summed E-state index contributed by atoms with van der Waals surface area (Å²) < 4.78 is 0. The maximum Gasteiger partial charge on any atom is 0.230 e. The van der Waals surface area contributed by atoms with Gasteiger partial charge in [-0.3, -0.25) is 9.69 Å². The smallest absolute Gasteiger partial charge is 0.230 e. The molecule has 1 atom stereocenters. The first-order chi connectivity index (χ1) is 7.24. The summed E-state index contributed by atoms with van der Waals surface area (Å²) in [7, 11) is 0. The van der Waals surface area contributed by atoms with E-state index in [9.17, 15) is 4.79 Å². The summed E-state index contributed by atoms with van der Waals surface area (Å²) in [5.74, 6) is 0.756. The molecular weight excluding hydrogens is 232 g/mol. The summed E-state index contributed by atoms with van der Waals surface area (Å²) in [5, 5.41) is 2.85. The van der Waals surface area contributed by atoms with Crippen molar-refractivity contribution in [3.05, 3.63) is 11.1 Å².